The third kappa shape index (κ3) is 3.97. The molecule has 1 saturated carbocycles. The fraction of sp³-hybridized carbons (Fsp3) is 0.583. The van der Waals surface area contributed by atoms with Gasteiger partial charge in [0.15, 0.2) is 0 Å². The van der Waals surface area contributed by atoms with Crippen molar-refractivity contribution in [1.29, 1.82) is 0 Å². The van der Waals surface area contributed by atoms with Crippen LogP contribution in [0.3, 0.4) is 0 Å². The molecule has 2 fully saturated rings. The van der Waals surface area contributed by atoms with Gasteiger partial charge < -0.3 is 14.6 Å². The third-order valence-corrected chi connectivity index (χ3v) is 7.08. The maximum absolute atomic E-state index is 12.4. The van der Waals surface area contributed by atoms with Crippen molar-refractivity contribution in [2.24, 2.45) is 5.92 Å². The lowest BCUT2D eigenvalue weighted by atomic mass is 9.58. The zero-order valence-corrected chi connectivity index (χ0v) is 17.9. The van der Waals surface area contributed by atoms with Crippen molar-refractivity contribution in [1.82, 2.24) is 4.90 Å². The number of hydrogen-bond donors (Lipinski definition) is 1. The summed E-state index contributed by atoms with van der Waals surface area (Å²) in [6, 6.07) is 5.76. The van der Waals surface area contributed by atoms with Gasteiger partial charge in [-0.05, 0) is 79.8 Å². The van der Waals surface area contributed by atoms with Gasteiger partial charge in [-0.3, -0.25) is 9.69 Å². The lowest BCUT2D eigenvalue weighted by molar-refractivity contribution is -0.141. The van der Waals surface area contributed by atoms with Crippen molar-refractivity contribution >= 4 is 11.9 Å². The van der Waals surface area contributed by atoms with Crippen LogP contribution in [0.2, 0.25) is 0 Å². The van der Waals surface area contributed by atoms with Gasteiger partial charge in [0, 0.05) is 30.5 Å². The van der Waals surface area contributed by atoms with Crippen LogP contribution in [-0.4, -0.2) is 55.3 Å². The number of methoxy groups -OCH3 is 2. The Morgan fingerprint density at radius 3 is 2.77 bits per heavy atom. The number of esters is 2. The summed E-state index contributed by atoms with van der Waals surface area (Å²) in [5, 5.41) is 10.2. The second kappa shape index (κ2) is 8.42. The minimum Gasteiger partial charge on any atom is -0.508 e. The van der Waals surface area contributed by atoms with Gasteiger partial charge in [0.05, 0.1) is 14.2 Å². The van der Waals surface area contributed by atoms with Gasteiger partial charge in [0.25, 0.3) is 0 Å². The Morgan fingerprint density at radius 2 is 2.07 bits per heavy atom. The van der Waals surface area contributed by atoms with Gasteiger partial charge in [-0.1, -0.05) is 6.07 Å². The largest absolute Gasteiger partial charge is 0.508 e. The Hall–Kier alpha value is -2.34. The molecule has 162 valence electrons. The van der Waals surface area contributed by atoms with Crippen LogP contribution in [0.15, 0.2) is 29.8 Å². The fourth-order valence-electron chi connectivity index (χ4n) is 5.39. The average molecular weight is 414 g/mol. The normalized spacial score (nSPS) is 26.9. The van der Waals surface area contributed by atoms with Crippen molar-refractivity contribution in [2.75, 3.05) is 27.3 Å². The summed E-state index contributed by atoms with van der Waals surface area (Å²) in [6.45, 7) is 2.02. The lowest BCUT2D eigenvalue weighted by Gasteiger charge is -2.53. The van der Waals surface area contributed by atoms with E-state index < -0.39 is 0 Å². The molecule has 1 saturated heterocycles. The van der Waals surface area contributed by atoms with Crippen LogP contribution in [0.4, 0.5) is 0 Å². The first-order valence-electron chi connectivity index (χ1n) is 10.9. The smallest absolute Gasteiger partial charge is 0.330 e. The van der Waals surface area contributed by atoms with Crippen LogP contribution >= 0.6 is 0 Å². The Morgan fingerprint density at radius 1 is 1.27 bits per heavy atom. The molecule has 1 aromatic carbocycles. The lowest BCUT2D eigenvalue weighted by Crippen LogP contribution is -2.55. The maximum atomic E-state index is 12.4. The number of nitrogens with zero attached hydrogens (tertiary/aromatic N) is 1. The second-order valence-corrected chi connectivity index (χ2v) is 8.88. The molecule has 0 radical (unpaired) electrons. The number of carbonyl (C=O) groups excluding carboxylic acids is 2. The maximum Gasteiger partial charge on any atom is 0.330 e. The predicted molar refractivity (Wildman–Crippen MR) is 112 cm³/mol. The highest BCUT2D eigenvalue weighted by atomic mass is 16.5. The minimum absolute atomic E-state index is 0.147. The van der Waals surface area contributed by atoms with Crippen LogP contribution in [-0.2, 0) is 30.9 Å². The van der Waals surface area contributed by atoms with E-state index in [0.29, 0.717) is 12.8 Å². The van der Waals surface area contributed by atoms with Gasteiger partial charge in [0.1, 0.15) is 5.75 Å². The van der Waals surface area contributed by atoms with E-state index in [4.69, 9.17) is 9.47 Å². The molecule has 2 bridgehead atoms. The van der Waals surface area contributed by atoms with Gasteiger partial charge >= 0.3 is 11.9 Å². The molecule has 0 amide bonds. The van der Waals surface area contributed by atoms with E-state index >= 15 is 0 Å². The molecular weight excluding hydrogens is 382 g/mol. The highest BCUT2D eigenvalue weighted by Gasteiger charge is 2.50. The van der Waals surface area contributed by atoms with Crippen molar-refractivity contribution in [3.05, 3.63) is 41.0 Å². The molecule has 1 N–H and O–H groups in total. The van der Waals surface area contributed by atoms with Crippen LogP contribution in [0, 0.1) is 5.92 Å². The van der Waals surface area contributed by atoms with E-state index in [1.54, 1.807) is 12.1 Å². The number of phenols is 1. The van der Waals surface area contributed by atoms with Gasteiger partial charge in [-0.2, -0.15) is 0 Å². The molecule has 1 heterocycles. The van der Waals surface area contributed by atoms with Crippen molar-refractivity contribution < 1.29 is 24.2 Å². The fourth-order valence-corrected chi connectivity index (χ4v) is 5.39. The summed E-state index contributed by atoms with van der Waals surface area (Å²) in [5.74, 6) is 0.429. The van der Waals surface area contributed by atoms with Crippen molar-refractivity contribution in [3.63, 3.8) is 0 Å². The van der Waals surface area contributed by atoms with Crippen LogP contribution in [0.25, 0.3) is 0 Å². The van der Waals surface area contributed by atoms with Crippen LogP contribution in [0.1, 0.15) is 49.7 Å². The number of benzene rings is 1. The third-order valence-electron chi connectivity index (χ3n) is 7.08. The van der Waals surface area contributed by atoms with Crippen molar-refractivity contribution in [2.45, 2.75) is 56.4 Å². The standard InChI is InChI=1S/C24H31NO5/c1-29-22(27)4-3-9-24-10-11-25(15-16-5-6-16)21(20(24)14-23(28)30-2)12-17-7-8-18(26)13-19(17)24/h7-8,13-14,16,21,26H,3-6,9-12,15H2,1-2H3/b20-14+/t21-,24+/m1/s1. The SMILES string of the molecule is COC(=O)/C=C1\[C@H]2Cc3ccc(O)cc3[C@]1(CCCC(=O)OC)CCN2CC1CC1. The second-order valence-electron chi connectivity index (χ2n) is 8.88. The number of fused-ring (bicyclic) bond motifs is 4. The topological polar surface area (TPSA) is 76.1 Å². The minimum atomic E-state index is -0.376. The molecule has 30 heavy (non-hydrogen) atoms. The zero-order chi connectivity index (χ0) is 21.3. The number of piperidine rings is 1. The molecule has 1 aromatic rings. The number of rotatable bonds is 7. The molecule has 4 rings (SSSR count). The number of carbonyl (C=O) groups is 2. The van der Waals surface area contributed by atoms with E-state index in [-0.39, 0.29) is 29.1 Å². The summed E-state index contributed by atoms with van der Waals surface area (Å²) < 4.78 is 9.84. The van der Waals surface area contributed by atoms with Gasteiger partial charge in [0.2, 0.25) is 0 Å². The first-order valence-corrected chi connectivity index (χ1v) is 10.9. The summed E-state index contributed by atoms with van der Waals surface area (Å²) in [5.41, 5.74) is 3.01. The average Bonchev–Trinajstić information content (AvgIpc) is 3.55. The highest BCUT2D eigenvalue weighted by molar-refractivity contribution is 5.84. The van der Waals surface area contributed by atoms with E-state index in [9.17, 15) is 14.7 Å². The first-order chi connectivity index (χ1) is 14.5. The summed E-state index contributed by atoms with van der Waals surface area (Å²) >= 11 is 0. The van der Waals surface area contributed by atoms with Gasteiger partial charge in [-0.25, -0.2) is 4.79 Å². The molecule has 0 spiro atoms. The number of phenolic OH excluding ortho intramolecular Hbond substituents is 1. The molecule has 3 aliphatic rings. The quantitative estimate of drug-likeness (QED) is 0.547. The Bertz CT molecular complexity index is 859. The molecular formula is C24H31NO5. The van der Waals surface area contributed by atoms with E-state index in [0.717, 1.165) is 49.4 Å². The summed E-state index contributed by atoms with van der Waals surface area (Å²) in [6.07, 6.45) is 7.66. The number of ether oxygens (including phenoxy) is 2. The highest BCUT2D eigenvalue weighted by Crippen LogP contribution is 2.52. The molecule has 6 heteroatoms. The van der Waals surface area contributed by atoms with Crippen LogP contribution < -0.4 is 0 Å². The molecule has 1 aliphatic heterocycles. The van der Waals surface area contributed by atoms with Gasteiger partial charge in [-0.15, -0.1) is 0 Å². The predicted octanol–water partition coefficient (Wildman–Crippen LogP) is 3.11. The molecule has 2 atom stereocenters. The Kier molecular flexibility index (Phi) is 5.87. The van der Waals surface area contributed by atoms with E-state index in [1.165, 1.54) is 32.6 Å². The zero-order valence-electron chi connectivity index (χ0n) is 17.9. The number of hydrogen-bond acceptors (Lipinski definition) is 6. The summed E-state index contributed by atoms with van der Waals surface area (Å²) in [4.78, 5) is 26.6. The molecule has 0 aromatic heterocycles. The molecule has 0 unspecified atom stereocenters. The molecule has 6 nitrogen and oxygen atoms in total. The van der Waals surface area contributed by atoms with E-state index in [1.807, 2.05) is 12.1 Å². The first kappa shape index (κ1) is 20.9. The van der Waals surface area contributed by atoms with Crippen LogP contribution in [0.5, 0.6) is 5.75 Å². The molecule has 2 aliphatic carbocycles. The number of likely N-dealkylation sites (tertiary alicyclic amines) is 1. The summed E-state index contributed by atoms with van der Waals surface area (Å²) in [7, 11) is 2.81. The number of aromatic hydroxyl groups is 1. The Balaban J connectivity index is 1.76. The Labute approximate surface area is 177 Å². The van der Waals surface area contributed by atoms with E-state index in [2.05, 4.69) is 4.90 Å². The monoisotopic (exact) mass is 413 g/mol. The van der Waals surface area contributed by atoms with Crippen molar-refractivity contribution in [3.8, 4) is 5.75 Å².